The summed E-state index contributed by atoms with van der Waals surface area (Å²) in [7, 11) is 0. The minimum atomic E-state index is -0.343. The van der Waals surface area contributed by atoms with E-state index in [1.807, 2.05) is 12.3 Å². The second kappa shape index (κ2) is 9.49. The lowest BCUT2D eigenvalue weighted by atomic mass is 10.0. The van der Waals surface area contributed by atoms with Gasteiger partial charge in [-0.15, -0.1) is 0 Å². The lowest BCUT2D eigenvalue weighted by molar-refractivity contribution is 0.0772. The highest BCUT2D eigenvalue weighted by atomic mass is 19.1. The number of halogens is 1. The zero-order chi connectivity index (χ0) is 19.9. The highest BCUT2D eigenvalue weighted by Gasteiger charge is 2.28. The molecule has 5 heteroatoms. The molecule has 2 aromatic rings. The van der Waals surface area contributed by atoms with E-state index in [0.717, 1.165) is 18.4 Å². The minimum absolute atomic E-state index is 0.0643. The Morgan fingerprint density at radius 2 is 2.14 bits per heavy atom. The van der Waals surface area contributed by atoms with Crippen molar-refractivity contribution in [1.29, 1.82) is 0 Å². The van der Waals surface area contributed by atoms with Crippen LogP contribution in [0.5, 0.6) is 5.75 Å². The average Bonchev–Trinajstić information content (AvgIpc) is 3.16. The number of benzene rings is 1. The predicted molar refractivity (Wildman–Crippen MR) is 109 cm³/mol. The third-order valence-electron chi connectivity index (χ3n) is 5.11. The van der Waals surface area contributed by atoms with Crippen molar-refractivity contribution < 1.29 is 13.9 Å². The topological polar surface area (TPSA) is 42.4 Å². The molecule has 148 valence electrons. The monoisotopic (exact) mass is 382 g/mol. The highest BCUT2D eigenvalue weighted by Crippen LogP contribution is 2.21. The van der Waals surface area contributed by atoms with Crippen molar-refractivity contribution in [3.8, 4) is 5.75 Å². The quantitative estimate of drug-likeness (QED) is 0.679. The van der Waals surface area contributed by atoms with Crippen LogP contribution < -0.4 is 4.74 Å². The van der Waals surface area contributed by atoms with Crippen LogP contribution in [0.4, 0.5) is 4.39 Å². The summed E-state index contributed by atoms with van der Waals surface area (Å²) in [6, 6.07) is 7.63. The van der Waals surface area contributed by atoms with E-state index < -0.39 is 0 Å². The molecule has 1 amide bonds. The molecule has 1 aliphatic rings. The number of hydrogen-bond acceptors (Lipinski definition) is 3. The lowest BCUT2D eigenvalue weighted by Crippen LogP contribution is -2.30. The zero-order valence-electron chi connectivity index (χ0n) is 16.5. The molecule has 2 atom stereocenters. The van der Waals surface area contributed by atoms with E-state index in [4.69, 9.17) is 4.74 Å². The van der Waals surface area contributed by atoms with Crippen LogP contribution in [0.2, 0.25) is 0 Å². The van der Waals surface area contributed by atoms with Gasteiger partial charge in [0.2, 0.25) is 0 Å². The van der Waals surface area contributed by atoms with Crippen LogP contribution in [0, 0.1) is 11.7 Å². The summed E-state index contributed by atoms with van der Waals surface area (Å²) >= 11 is 0. The minimum Gasteiger partial charge on any atom is -0.487 e. The Morgan fingerprint density at radius 1 is 1.36 bits per heavy atom. The molecule has 0 bridgehead atoms. The number of pyridine rings is 1. The summed E-state index contributed by atoms with van der Waals surface area (Å²) in [5.74, 6) is 0.953. The Kier molecular flexibility index (Phi) is 6.80. The van der Waals surface area contributed by atoms with Gasteiger partial charge in [-0.05, 0) is 48.2 Å². The first-order valence-electron chi connectivity index (χ1n) is 9.88. The molecule has 0 N–H and O–H groups in total. The number of allylic oxidation sites excluding steroid dienone is 1. The molecule has 1 fully saturated rings. The fraction of sp³-hybridized carbons (Fsp3) is 0.391. The van der Waals surface area contributed by atoms with E-state index in [-0.39, 0.29) is 17.8 Å². The number of aromatic nitrogens is 1. The molecular formula is C23H27FN2O2. The van der Waals surface area contributed by atoms with E-state index in [0.29, 0.717) is 30.3 Å². The summed E-state index contributed by atoms with van der Waals surface area (Å²) in [6.07, 6.45) is 10.7. The first-order chi connectivity index (χ1) is 13.5. The molecular weight excluding hydrogens is 355 g/mol. The second-order valence-electron chi connectivity index (χ2n) is 7.39. The van der Waals surface area contributed by atoms with E-state index in [1.54, 1.807) is 11.1 Å². The molecule has 3 rings (SSSR count). The first-order valence-corrected chi connectivity index (χ1v) is 9.88. The largest absolute Gasteiger partial charge is 0.487 e. The van der Waals surface area contributed by atoms with Gasteiger partial charge in [-0.25, -0.2) is 4.39 Å². The summed E-state index contributed by atoms with van der Waals surface area (Å²) in [5.41, 5.74) is 1.51. The Morgan fingerprint density at radius 3 is 2.89 bits per heavy atom. The lowest BCUT2D eigenvalue weighted by Gasteiger charge is -2.17. The van der Waals surface area contributed by atoms with Gasteiger partial charge in [-0.1, -0.05) is 32.4 Å². The highest BCUT2D eigenvalue weighted by molar-refractivity contribution is 5.94. The average molecular weight is 382 g/mol. The first kappa shape index (κ1) is 20.1. The molecule has 0 radical (unpaired) electrons. The second-order valence-corrected chi connectivity index (χ2v) is 7.39. The van der Waals surface area contributed by atoms with Crippen molar-refractivity contribution in [2.75, 3.05) is 13.1 Å². The van der Waals surface area contributed by atoms with Crippen molar-refractivity contribution in [1.82, 2.24) is 9.88 Å². The molecule has 1 saturated heterocycles. The Labute approximate surface area is 166 Å². The van der Waals surface area contributed by atoms with Crippen LogP contribution in [-0.2, 0) is 0 Å². The van der Waals surface area contributed by atoms with E-state index in [1.165, 1.54) is 30.7 Å². The van der Waals surface area contributed by atoms with Crippen LogP contribution in [0.15, 0.2) is 48.8 Å². The standard InChI is InChI=1S/C23H27FN2O2/c1-3-17(2)5-4-6-18-13-22(15-25-14-18)28-21-11-12-26(16-21)23(27)19-7-9-20(24)10-8-19/h4,6-10,13-15,17,21H,3,5,11-12,16H2,1-2H3/b6-4+/t17-,21-/m1/s1. The van der Waals surface area contributed by atoms with E-state index in [9.17, 15) is 9.18 Å². The van der Waals surface area contributed by atoms with Crippen molar-refractivity contribution in [2.24, 2.45) is 5.92 Å². The molecule has 1 aromatic carbocycles. The maximum absolute atomic E-state index is 13.0. The number of nitrogens with zero attached hydrogens (tertiary/aromatic N) is 2. The van der Waals surface area contributed by atoms with Crippen LogP contribution in [0.3, 0.4) is 0 Å². The maximum atomic E-state index is 13.0. The molecule has 0 unspecified atom stereocenters. The number of amides is 1. The normalized spacial score (nSPS) is 17.8. The molecule has 28 heavy (non-hydrogen) atoms. The molecule has 0 spiro atoms. The third-order valence-corrected chi connectivity index (χ3v) is 5.11. The van der Waals surface area contributed by atoms with Gasteiger partial charge >= 0.3 is 0 Å². The number of likely N-dealkylation sites (tertiary alicyclic amines) is 1. The van der Waals surface area contributed by atoms with Crippen LogP contribution in [0.1, 0.15) is 49.0 Å². The summed E-state index contributed by atoms with van der Waals surface area (Å²) < 4.78 is 19.1. The van der Waals surface area contributed by atoms with Crippen LogP contribution in [-0.4, -0.2) is 35.0 Å². The van der Waals surface area contributed by atoms with Crippen LogP contribution >= 0.6 is 0 Å². The van der Waals surface area contributed by atoms with Gasteiger partial charge in [0.1, 0.15) is 17.7 Å². The number of carbonyl (C=O) groups excluding carboxylic acids is 1. The van der Waals surface area contributed by atoms with Gasteiger partial charge in [0.25, 0.3) is 5.91 Å². The summed E-state index contributed by atoms with van der Waals surface area (Å²) in [4.78, 5) is 18.5. The van der Waals surface area contributed by atoms with Gasteiger partial charge in [0.05, 0.1) is 12.7 Å². The van der Waals surface area contributed by atoms with Gasteiger partial charge < -0.3 is 9.64 Å². The molecule has 0 aliphatic carbocycles. The number of carbonyl (C=O) groups is 1. The van der Waals surface area contributed by atoms with E-state index >= 15 is 0 Å². The number of hydrogen-bond donors (Lipinski definition) is 0. The Bertz CT molecular complexity index is 820. The molecule has 4 nitrogen and oxygen atoms in total. The SMILES string of the molecule is CC[C@@H](C)C/C=C/c1cncc(O[C@@H]2CCN(C(=O)c3ccc(F)cc3)C2)c1. The van der Waals surface area contributed by atoms with Gasteiger partial charge in [-0.3, -0.25) is 9.78 Å². The summed E-state index contributed by atoms with van der Waals surface area (Å²) in [5, 5.41) is 0. The van der Waals surface area contributed by atoms with Crippen molar-refractivity contribution >= 4 is 12.0 Å². The molecule has 1 aliphatic heterocycles. The fourth-order valence-corrected chi connectivity index (χ4v) is 3.17. The van der Waals surface area contributed by atoms with E-state index in [2.05, 4.69) is 31.0 Å². The Hall–Kier alpha value is -2.69. The molecule has 2 heterocycles. The molecule has 0 saturated carbocycles. The van der Waals surface area contributed by atoms with Gasteiger partial charge in [-0.2, -0.15) is 0 Å². The third kappa shape index (κ3) is 5.41. The smallest absolute Gasteiger partial charge is 0.253 e. The predicted octanol–water partition coefficient (Wildman–Crippen LogP) is 4.96. The Balaban J connectivity index is 1.56. The molecule has 1 aromatic heterocycles. The maximum Gasteiger partial charge on any atom is 0.253 e. The van der Waals surface area contributed by atoms with Gasteiger partial charge in [0, 0.05) is 24.7 Å². The van der Waals surface area contributed by atoms with Crippen molar-refractivity contribution in [2.45, 2.75) is 39.2 Å². The fourth-order valence-electron chi connectivity index (χ4n) is 3.17. The van der Waals surface area contributed by atoms with Gasteiger partial charge in [0.15, 0.2) is 0 Å². The zero-order valence-corrected chi connectivity index (χ0v) is 16.5. The summed E-state index contributed by atoms with van der Waals surface area (Å²) in [6.45, 7) is 5.58. The van der Waals surface area contributed by atoms with Crippen LogP contribution in [0.25, 0.3) is 6.08 Å². The number of ether oxygens (including phenoxy) is 1. The van der Waals surface area contributed by atoms with Crippen molar-refractivity contribution in [3.05, 3.63) is 65.7 Å². The van der Waals surface area contributed by atoms with Crippen molar-refractivity contribution in [3.63, 3.8) is 0 Å². The number of rotatable bonds is 7.